The summed E-state index contributed by atoms with van der Waals surface area (Å²) in [6.07, 6.45) is 0. The number of halogens is 1. The van der Waals surface area contributed by atoms with Gasteiger partial charge < -0.3 is 19.7 Å². The highest BCUT2D eigenvalue weighted by Crippen LogP contribution is 2.21. The number of ether oxygens (including phenoxy) is 1. The van der Waals surface area contributed by atoms with Gasteiger partial charge in [-0.15, -0.1) is 11.6 Å². The van der Waals surface area contributed by atoms with E-state index in [1.807, 2.05) is 36.4 Å². The predicted octanol–water partition coefficient (Wildman–Crippen LogP) is 1.87. The summed E-state index contributed by atoms with van der Waals surface area (Å²) in [5.41, 5.74) is 3.24. The summed E-state index contributed by atoms with van der Waals surface area (Å²) in [6, 6.07) is 12.8. The Morgan fingerprint density at radius 1 is 1.35 bits per heavy atom. The fraction of sp³-hybridized carbons (Fsp3) is 0.278. The van der Waals surface area contributed by atoms with E-state index in [2.05, 4.69) is 5.32 Å². The molecule has 0 atom stereocenters. The number of methoxy groups -OCH3 is 1. The lowest BCUT2D eigenvalue weighted by molar-refractivity contribution is 0.246. The molecule has 0 saturated carbocycles. The predicted molar refractivity (Wildman–Crippen MR) is 102 cm³/mol. The first-order valence-electron chi connectivity index (χ1n) is 8.29. The molecule has 136 valence electrons. The second-order valence-electron chi connectivity index (χ2n) is 5.90. The number of alkyl halides is 1. The van der Waals surface area contributed by atoms with Gasteiger partial charge in [0, 0.05) is 18.1 Å². The van der Waals surface area contributed by atoms with Gasteiger partial charge in [0.25, 0.3) is 0 Å². The lowest BCUT2D eigenvalue weighted by Gasteiger charge is -2.24. The minimum Gasteiger partial charge on any atom is -0.497 e. The number of carbonyl (C=O) groups is 1. The van der Waals surface area contributed by atoms with Crippen LogP contribution < -0.4 is 20.4 Å². The third kappa shape index (κ3) is 4.12. The lowest BCUT2D eigenvalue weighted by Crippen LogP contribution is -2.41. The second kappa shape index (κ2) is 8.44. The normalized spacial score (nSPS) is 12.7. The van der Waals surface area contributed by atoms with Crippen LogP contribution in [0.3, 0.4) is 0 Å². The number of rotatable bonds is 6. The Morgan fingerprint density at radius 2 is 2.12 bits per heavy atom. The molecule has 1 aliphatic rings. The second-order valence-corrected chi connectivity index (χ2v) is 6.28. The summed E-state index contributed by atoms with van der Waals surface area (Å²) in [7, 11) is 0.650. The van der Waals surface area contributed by atoms with Crippen LogP contribution in [0.25, 0.3) is 0 Å². The van der Waals surface area contributed by atoms with Crippen LogP contribution in [0.1, 0.15) is 11.1 Å². The third-order valence-corrected chi connectivity index (χ3v) is 4.41. The number of urea groups is 1. The van der Waals surface area contributed by atoms with Gasteiger partial charge in [0.05, 0.1) is 20.3 Å². The molecule has 0 spiro atoms. The molecule has 0 aliphatic carbocycles. The Hall–Kier alpha value is -2.22. The third-order valence-electron chi connectivity index (χ3n) is 4.22. The van der Waals surface area contributed by atoms with Gasteiger partial charge >= 0.3 is 13.1 Å². The maximum Gasteiger partial charge on any atom is 0.491 e. The van der Waals surface area contributed by atoms with Crippen LogP contribution in [0.2, 0.25) is 0 Å². The van der Waals surface area contributed by atoms with Gasteiger partial charge in [0.15, 0.2) is 0 Å². The molecule has 0 radical (unpaired) electrons. The standard InChI is InChI=1S/C18H20BClN2O4/c1-25-16-6-2-13(3-7-16)11-22(18(23)21-9-8-20)15-5-4-14-12-26-19(24)17(14)10-15/h2-7,10,24H,8-9,11-12H2,1H3,(H,21,23). The number of benzene rings is 2. The molecule has 2 N–H and O–H groups in total. The van der Waals surface area contributed by atoms with E-state index in [0.717, 1.165) is 16.9 Å². The van der Waals surface area contributed by atoms with Gasteiger partial charge in [0.1, 0.15) is 5.75 Å². The molecule has 2 aromatic carbocycles. The number of hydrogen-bond donors (Lipinski definition) is 2. The topological polar surface area (TPSA) is 71.0 Å². The van der Waals surface area contributed by atoms with E-state index in [9.17, 15) is 9.82 Å². The SMILES string of the molecule is COc1ccc(CN(C(=O)NCCCl)c2ccc3c(c2)B(O)OC3)cc1. The Bertz CT molecular complexity index is 772. The Balaban J connectivity index is 1.87. The van der Waals surface area contributed by atoms with E-state index < -0.39 is 7.12 Å². The fourth-order valence-electron chi connectivity index (χ4n) is 2.81. The van der Waals surface area contributed by atoms with E-state index in [-0.39, 0.29) is 6.03 Å². The van der Waals surface area contributed by atoms with E-state index in [4.69, 9.17) is 21.0 Å². The molecule has 0 aromatic heterocycles. The van der Waals surface area contributed by atoms with Crippen molar-refractivity contribution >= 4 is 35.9 Å². The van der Waals surface area contributed by atoms with Crippen molar-refractivity contribution in [3.05, 3.63) is 53.6 Å². The van der Waals surface area contributed by atoms with Crippen LogP contribution in [0.4, 0.5) is 10.5 Å². The van der Waals surface area contributed by atoms with Gasteiger partial charge in [-0.1, -0.05) is 18.2 Å². The zero-order valence-electron chi connectivity index (χ0n) is 14.4. The van der Waals surface area contributed by atoms with Crippen LogP contribution in [-0.4, -0.2) is 37.7 Å². The van der Waals surface area contributed by atoms with Crippen molar-refractivity contribution in [1.29, 1.82) is 0 Å². The highest BCUT2D eigenvalue weighted by atomic mass is 35.5. The first-order valence-corrected chi connectivity index (χ1v) is 8.82. The molecule has 0 bridgehead atoms. The number of amides is 2. The van der Waals surface area contributed by atoms with E-state index in [1.165, 1.54) is 0 Å². The highest BCUT2D eigenvalue weighted by Gasteiger charge is 2.28. The Morgan fingerprint density at radius 3 is 2.81 bits per heavy atom. The van der Waals surface area contributed by atoms with Gasteiger partial charge in [-0.2, -0.15) is 0 Å². The van der Waals surface area contributed by atoms with E-state index >= 15 is 0 Å². The summed E-state index contributed by atoms with van der Waals surface area (Å²) < 4.78 is 10.4. The van der Waals surface area contributed by atoms with Crippen molar-refractivity contribution in [2.75, 3.05) is 24.4 Å². The maximum absolute atomic E-state index is 12.6. The average molecular weight is 375 g/mol. The summed E-state index contributed by atoms with van der Waals surface area (Å²) in [4.78, 5) is 14.3. The number of nitrogens with one attached hydrogen (secondary N) is 1. The number of nitrogens with zero attached hydrogens (tertiary/aromatic N) is 1. The van der Waals surface area contributed by atoms with Gasteiger partial charge in [-0.3, -0.25) is 4.90 Å². The molecule has 0 saturated heterocycles. The van der Waals surface area contributed by atoms with Crippen LogP contribution >= 0.6 is 11.6 Å². The number of hydrogen-bond acceptors (Lipinski definition) is 4. The zero-order chi connectivity index (χ0) is 18.5. The molecule has 26 heavy (non-hydrogen) atoms. The molecule has 0 unspecified atom stereocenters. The van der Waals surface area contributed by atoms with Crippen LogP contribution in [0.5, 0.6) is 5.75 Å². The largest absolute Gasteiger partial charge is 0.497 e. The quantitative estimate of drug-likeness (QED) is 0.598. The average Bonchev–Trinajstić information content (AvgIpc) is 3.05. The van der Waals surface area contributed by atoms with Crippen LogP contribution in [0, 0.1) is 0 Å². The molecule has 1 heterocycles. The van der Waals surface area contributed by atoms with E-state index in [1.54, 1.807) is 18.1 Å². The molecule has 0 fully saturated rings. The Kier molecular flexibility index (Phi) is 6.03. The van der Waals surface area contributed by atoms with E-state index in [0.29, 0.717) is 36.7 Å². The van der Waals surface area contributed by atoms with Crippen LogP contribution in [-0.2, 0) is 17.8 Å². The minimum atomic E-state index is -0.960. The minimum absolute atomic E-state index is 0.255. The molecule has 1 aliphatic heterocycles. The molecular weight excluding hydrogens is 354 g/mol. The molecule has 3 rings (SSSR count). The van der Waals surface area contributed by atoms with Crippen molar-refractivity contribution < 1.29 is 19.2 Å². The van der Waals surface area contributed by atoms with Crippen molar-refractivity contribution in [3.63, 3.8) is 0 Å². The van der Waals surface area contributed by atoms with Gasteiger partial charge in [-0.05, 0) is 40.9 Å². The Labute approximate surface area is 157 Å². The van der Waals surface area contributed by atoms with Crippen molar-refractivity contribution in [1.82, 2.24) is 5.32 Å². The zero-order valence-corrected chi connectivity index (χ0v) is 15.2. The van der Waals surface area contributed by atoms with Gasteiger partial charge in [0.2, 0.25) is 0 Å². The molecule has 6 nitrogen and oxygen atoms in total. The van der Waals surface area contributed by atoms with Crippen molar-refractivity contribution in [2.24, 2.45) is 0 Å². The fourth-order valence-corrected chi connectivity index (χ4v) is 2.91. The number of carbonyl (C=O) groups excluding carboxylic acids is 1. The maximum atomic E-state index is 12.6. The summed E-state index contributed by atoms with van der Waals surface area (Å²) >= 11 is 5.69. The first kappa shape index (κ1) is 18.6. The molecule has 2 aromatic rings. The molecule has 2 amide bonds. The van der Waals surface area contributed by atoms with Crippen molar-refractivity contribution in [2.45, 2.75) is 13.2 Å². The summed E-state index contributed by atoms with van der Waals surface area (Å²) in [6.45, 7) is 1.11. The molecule has 8 heteroatoms. The first-order chi connectivity index (χ1) is 12.6. The summed E-state index contributed by atoms with van der Waals surface area (Å²) in [5.74, 6) is 1.09. The number of fused-ring (bicyclic) bond motifs is 1. The smallest absolute Gasteiger partial charge is 0.491 e. The molecular formula is C18H20BClN2O4. The van der Waals surface area contributed by atoms with Crippen molar-refractivity contribution in [3.8, 4) is 5.75 Å². The lowest BCUT2D eigenvalue weighted by atomic mass is 9.79. The summed E-state index contributed by atoms with van der Waals surface area (Å²) in [5, 5.41) is 12.7. The monoisotopic (exact) mass is 374 g/mol. The van der Waals surface area contributed by atoms with Gasteiger partial charge in [-0.25, -0.2) is 4.79 Å². The van der Waals surface area contributed by atoms with Crippen LogP contribution in [0.15, 0.2) is 42.5 Å². The number of anilines is 1. The highest BCUT2D eigenvalue weighted by molar-refractivity contribution is 6.61.